The fourth-order valence-corrected chi connectivity index (χ4v) is 3.68. The Balaban J connectivity index is 1.58. The first-order valence-electron chi connectivity index (χ1n) is 8.35. The van der Waals surface area contributed by atoms with Gasteiger partial charge in [-0.05, 0) is 37.3 Å². The van der Waals surface area contributed by atoms with Gasteiger partial charge in [-0.25, -0.2) is 13.6 Å². The Bertz CT molecular complexity index is 855. The standard InChI is InChI=1S/C19H17ClF2N2O2/c1-12(19(11-26-19)16-7-4-14(21)10-17(16)22)23-8-9-24(18(23)25)15-5-2-13(20)3-6-15/h2-7,10,12H,8-9,11H2,1H3. The van der Waals surface area contributed by atoms with Crippen molar-refractivity contribution in [3.63, 3.8) is 0 Å². The second kappa shape index (κ2) is 6.21. The lowest BCUT2D eigenvalue weighted by molar-refractivity contribution is 0.148. The molecule has 26 heavy (non-hydrogen) atoms. The van der Waals surface area contributed by atoms with Crippen LogP contribution >= 0.6 is 11.6 Å². The lowest BCUT2D eigenvalue weighted by Crippen LogP contribution is -2.45. The van der Waals surface area contributed by atoms with Crippen LogP contribution in [0.1, 0.15) is 12.5 Å². The number of halogens is 3. The summed E-state index contributed by atoms with van der Waals surface area (Å²) in [6.45, 7) is 3.14. The minimum absolute atomic E-state index is 0.169. The van der Waals surface area contributed by atoms with Crippen LogP contribution in [0.5, 0.6) is 0 Å². The van der Waals surface area contributed by atoms with Crippen molar-refractivity contribution in [2.75, 3.05) is 24.6 Å². The first kappa shape index (κ1) is 17.2. The average Bonchev–Trinajstić information content (AvgIpc) is 3.32. The molecule has 0 radical (unpaired) electrons. The number of nitrogens with zero attached hydrogens (tertiary/aromatic N) is 2. The molecule has 0 aromatic heterocycles. The molecule has 2 aliphatic heterocycles. The van der Waals surface area contributed by atoms with Crippen molar-refractivity contribution >= 4 is 23.3 Å². The SMILES string of the molecule is CC(N1CCN(c2ccc(Cl)cc2)C1=O)C1(c2ccc(F)cc2F)CO1. The molecular weight excluding hydrogens is 362 g/mol. The Kier molecular flexibility index (Phi) is 4.12. The molecule has 2 aromatic carbocycles. The van der Waals surface area contributed by atoms with E-state index in [-0.39, 0.29) is 17.6 Å². The van der Waals surface area contributed by atoms with Crippen LogP contribution < -0.4 is 4.90 Å². The summed E-state index contributed by atoms with van der Waals surface area (Å²) in [7, 11) is 0. The summed E-state index contributed by atoms with van der Waals surface area (Å²) in [5, 5.41) is 0.600. The molecule has 0 saturated carbocycles. The zero-order chi connectivity index (χ0) is 18.5. The Morgan fingerprint density at radius 2 is 1.85 bits per heavy atom. The predicted molar refractivity (Wildman–Crippen MR) is 94.4 cm³/mol. The van der Waals surface area contributed by atoms with Crippen LogP contribution in [0, 0.1) is 11.6 Å². The van der Waals surface area contributed by atoms with E-state index in [1.54, 1.807) is 34.1 Å². The van der Waals surface area contributed by atoms with Gasteiger partial charge >= 0.3 is 6.03 Å². The number of hydrogen-bond acceptors (Lipinski definition) is 2. The highest BCUT2D eigenvalue weighted by Gasteiger charge is 2.56. The number of amides is 2. The van der Waals surface area contributed by atoms with Gasteiger partial charge in [0, 0.05) is 35.4 Å². The van der Waals surface area contributed by atoms with Crippen LogP contribution in [-0.2, 0) is 10.3 Å². The molecule has 0 spiro atoms. The number of ether oxygens (including phenoxy) is 1. The maximum atomic E-state index is 14.3. The topological polar surface area (TPSA) is 36.1 Å². The molecule has 0 aliphatic carbocycles. The summed E-state index contributed by atoms with van der Waals surface area (Å²) in [5.74, 6) is -1.29. The number of anilines is 1. The van der Waals surface area contributed by atoms with E-state index in [0.717, 1.165) is 11.8 Å². The molecule has 2 saturated heterocycles. The lowest BCUT2D eigenvalue weighted by atomic mass is 9.91. The number of benzene rings is 2. The van der Waals surface area contributed by atoms with Crippen molar-refractivity contribution in [3.8, 4) is 0 Å². The van der Waals surface area contributed by atoms with Gasteiger partial charge in [-0.15, -0.1) is 0 Å². The largest absolute Gasteiger partial charge is 0.362 e. The summed E-state index contributed by atoms with van der Waals surface area (Å²) < 4.78 is 33.1. The highest BCUT2D eigenvalue weighted by molar-refractivity contribution is 6.30. The summed E-state index contributed by atoms with van der Waals surface area (Å²) in [5.41, 5.74) is 0.112. The normalized spacial score (nSPS) is 23.5. The average molecular weight is 379 g/mol. The van der Waals surface area contributed by atoms with Crippen molar-refractivity contribution in [2.45, 2.75) is 18.6 Å². The van der Waals surface area contributed by atoms with Crippen molar-refractivity contribution in [1.82, 2.24) is 4.90 Å². The van der Waals surface area contributed by atoms with E-state index < -0.39 is 17.2 Å². The van der Waals surface area contributed by atoms with Gasteiger partial charge in [0.1, 0.15) is 17.2 Å². The summed E-state index contributed by atoms with van der Waals surface area (Å²) >= 11 is 5.90. The van der Waals surface area contributed by atoms with Crippen molar-refractivity contribution in [1.29, 1.82) is 0 Å². The summed E-state index contributed by atoms with van der Waals surface area (Å²) in [6.07, 6.45) is 0. The Hall–Kier alpha value is -2.18. The highest BCUT2D eigenvalue weighted by atomic mass is 35.5. The summed E-state index contributed by atoms with van der Waals surface area (Å²) in [6, 6.07) is 9.94. The van der Waals surface area contributed by atoms with Crippen molar-refractivity contribution < 1.29 is 18.3 Å². The molecule has 2 atom stereocenters. The van der Waals surface area contributed by atoms with E-state index >= 15 is 0 Å². The summed E-state index contributed by atoms with van der Waals surface area (Å²) in [4.78, 5) is 16.2. The lowest BCUT2D eigenvalue weighted by Gasteiger charge is -2.30. The van der Waals surface area contributed by atoms with E-state index in [9.17, 15) is 13.6 Å². The number of epoxide rings is 1. The van der Waals surface area contributed by atoms with Gasteiger partial charge in [0.25, 0.3) is 0 Å². The van der Waals surface area contributed by atoms with E-state index in [1.165, 1.54) is 12.1 Å². The monoisotopic (exact) mass is 378 g/mol. The molecule has 136 valence electrons. The maximum Gasteiger partial charge on any atom is 0.324 e. The molecule has 2 amide bonds. The minimum atomic E-state index is -0.927. The molecule has 2 aliphatic rings. The van der Waals surface area contributed by atoms with E-state index in [1.807, 2.05) is 6.92 Å². The van der Waals surface area contributed by atoms with Gasteiger partial charge in [-0.2, -0.15) is 0 Å². The van der Waals surface area contributed by atoms with Crippen LogP contribution in [0.4, 0.5) is 19.3 Å². The Morgan fingerprint density at radius 3 is 2.46 bits per heavy atom. The van der Waals surface area contributed by atoms with Crippen molar-refractivity contribution in [3.05, 3.63) is 64.7 Å². The number of carbonyl (C=O) groups excluding carboxylic acids is 1. The second-order valence-corrected chi connectivity index (χ2v) is 7.02. The Labute approximate surface area is 154 Å². The molecule has 2 fully saturated rings. The molecule has 4 nitrogen and oxygen atoms in total. The molecule has 2 heterocycles. The zero-order valence-electron chi connectivity index (χ0n) is 14.1. The third-order valence-electron chi connectivity index (χ3n) is 5.16. The fourth-order valence-electron chi connectivity index (χ4n) is 3.56. The smallest absolute Gasteiger partial charge is 0.324 e. The van der Waals surface area contributed by atoms with Crippen molar-refractivity contribution in [2.24, 2.45) is 0 Å². The van der Waals surface area contributed by atoms with Gasteiger partial charge in [0.05, 0.1) is 12.6 Å². The maximum absolute atomic E-state index is 14.3. The third-order valence-corrected chi connectivity index (χ3v) is 5.42. The molecule has 0 N–H and O–H groups in total. The molecule has 7 heteroatoms. The van der Waals surface area contributed by atoms with Crippen LogP contribution in [0.15, 0.2) is 42.5 Å². The zero-order valence-corrected chi connectivity index (χ0v) is 14.8. The van der Waals surface area contributed by atoms with Gasteiger partial charge < -0.3 is 9.64 Å². The minimum Gasteiger partial charge on any atom is -0.362 e. The third kappa shape index (κ3) is 2.73. The van der Waals surface area contributed by atoms with Gasteiger partial charge in [-0.1, -0.05) is 17.7 Å². The van der Waals surface area contributed by atoms with E-state index in [4.69, 9.17) is 16.3 Å². The predicted octanol–water partition coefficient (Wildman–Crippen LogP) is 4.17. The van der Waals surface area contributed by atoms with Gasteiger partial charge in [0.15, 0.2) is 0 Å². The first-order valence-corrected chi connectivity index (χ1v) is 8.73. The molecule has 2 aromatic rings. The highest BCUT2D eigenvalue weighted by Crippen LogP contribution is 2.46. The van der Waals surface area contributed by atoms with Gasteiger partial charge in [-0.3, -0.25) is 4.90 Å². The first-order chi connectivity index (χ1) is 12.4. The fraction of sp³-hybridized carbons (Fsp3) is 0.316. The molecule has 4 rings (SSSR count). The van der Waals surface area contributed by atoms with E-state index in [2.05, 4.69) is 0 Å². The Morgan fingerprint density at radius 1 is 1.15 bits per heavy atom. The van der Waals surface area contributed by atoms with Gasteiger partial charge in [0.2, 0.25) is 0 Å². The number of hydrogen-bond donors (Lipinski definition) is 0. The van der Waals surface area contributed by atoms with E-state index in [0.29, 0.717) is 24.7 Å². The van der Waals surface area contributed by atoms with Crippen LogP contribution in [0.25, 0.3) is 0 Å². The molecule has 2 unspecified atom stereocenters. The quantitative estimate of drug-likeness (QED) is 0.748. The second-order valence-electron chi connectivity index (χ2n) is 6.58. The number of carbonyl (C=O) groups is 1. The van der Waals surface area contributed by atoms with Crippen LogP contribution in [0.3, 0.4) is 0 Å². The van der Waals surface area contributed by atoms with Crippen LogP contribution in [0.2, 0.25) is 5.02 Å². The molecule has 0 bridgehead atoms. The van der Waals surface area contributed by atoms with Crippen LogP contribution in [-0.4, -0.2) is 36.7 Å². The number of rotatable bonds is 4. The molecular formula is C19H17ClF2N2O2. The number of urea groups is 1.